The third kappa shape index (κ3) is 9.31. The molecule has 0 bridgehead atoms. The second-order valence-electron chi connectivity index (χ2n) is 1.60. The van der Waals surface area contributed by atoms with Crippen molar-refractivity contribution in [2.24, 2.45) is 0 Å². The molecule has 0 unspecified atom stereocenters. The van der Waals surface area contributed by atoms with E-state index in [4.69, 9.17) is 33.9 Å². The first-order valence-electron chi connectivity index (χ1n) is 3.55. The Labute approximate surface area is 102 Å². The summed E-state index contributed by atoms with van der Waals surface area (Å²) in [7, 11) is 3.04. The van der Waals surface area contributed by atoms with E-state index in [2.05, 4.69) is 0 Å². The Kier molecular flexibility index (Phi) is 10.3. The van der Waals surface area contributed by atoms with Gasteiger partial charge in [-0.3, -0.25) is 0 Å². The van der Waals surface area contributed by atoms with Crippen molar-refractivity contribution < 1.29 is 9.47 Å². The van der Waals surface area contributed by atoms with Gasteiger partial charge in [-0.1, -0.05) is 0 Å². The van der Waals surface area contributed by atoms with E-state index >= 15 is 0 Å². The van der Waals surface area contributed by atoms with Gasteiger partial charge in [0, 0.05) is 0 Å². The molecule has 0 saturated heterocycles. The van der Waals surface area contributed by atoms with E-state index in [0.29, 0.717) is 22.0 Å². The molecule has 7 heteroatoms. The maximum atomic E-state index is 5.10. The Hall–Kier alpha value is 0.999. The molecule has 0 N–H and O–H groups in total. The molecule has 0 heterocycles. The molecule has 0 amide bonds. The second-order valence-corrected chi connectivity index (χ2v) is 9.15. The van der Waals surface area contributed by atoms with Gasteiger partial charge in [0.1, 0.15) is 0 Å². The Morgan fingerprint density at radius 3 is 1.77 bits per heavy atom. The molecule has 0 aromatic carbocycles. The Bertz CT molecular complexity index is 158. The predicted molar refractivity (Wildman–Crippen MR) is 69.4 cm³/mol. The average molecular weight is 321 g/mol. The molecule has 0 rings (SSSR count). The summed E-state index contributed by atoms with van der Waals surface area (Å²) >= 11 is 10.1. The van der Waals surface area contributed by atoms with Gasteiger partial charge in [-0.15, -0.1) is 0 Å². The topological polar surface area (TPSA) is 18.5 Å². The zero-order valence-electron chi connectivity index (χ0n) is 7.27. The number of rotatable bonds is 4. The number of thiocarbonyl (C=S) groups is 2. The Morgan fingerprint density at radius 1 is 1.08 bits per heavy atom. The third-order valence-corrected chi connectivity index (χ3v) is 8.42. The minimum absolute atomic E-state index is 0.221. The average Bonchev–Trinajstić information content (AvgIpc) is 2.05. The van der Waals surface area contributed by atoms with Crippen LogP contribution in [-0.2, 0) is 9.47 Å². The van der Waals surface area contributed by atoms with Crippen molar-refractivity contribution in [1.29, 1.82) is 0 Å². The van der Waals surface area contributed by atoms with E-state index in [1.807, 2.05) is 13.8 Å². The molecule has 0 fully saturated rings. The summed E-state index contributed by atoms with van der Waals surface area (Å²) in [5, 5.41) is 0. The molecule has 13 heavy (non-hydrogen) atoms. The van der Waals surface area contributed by atoms with Crippen LogP contribution in [0.3, 0.4) is 0 Å². The fraction of sp³-hybridized carbons (Fsp3) is 0.667. The van der Waals surface area contributed by atoms with Gasteiger partial charge in [0.15, 0.2) is 0 Å². The van der Waals surface area contributed by atoms with Crippen molar-refractivity contribution in [2.75, 3.05) is 13.2 Å². The van der Waals surface area contributed by atoms with E-state index in [0.717, 1.165) is 0 Å². The molecule has 0 aromatic heterocycles. The van der Waals surface area contributed by atoms with E-state index in [1.165, 1.54) is 20.4 Å². The molecule has 0 atom stereocenters. The molecule has 0 aliphatic carbocycles. The van der Waals surface area contributed by atoms with Gasteiger partial charge in [0.2, 0.25) is 0 Å². The number of ether oxygens (including phenoxy) is 2. The predicted octanol–water partition coefficient (Wildman–Crippen LogP) is 2.63. The van der Waals surface area contributed by atoms with Crippen LogP contribution in [0.4, 0.5) is 0 Å². The SMILES string of the molecule is CCOC(=S)S[Se]SC(=S)OCC. The van der Waals surface area contributed by atoms with Crippen molar-refractivity contribution in [1.82, 2.24) is 0 Å². The van der Waals surface area contributed by atoms with Gasteiger partial charge < -0.3 is 0 Å². The van der Waals surface area contributed by atoms with Gasteiger partial charge in [-0.05, 0) is 0 Å². The molecule has 0 aliphatic heterocycles. The van der Waals surface area contributed by atoms with Crippen LogP contribution in [0.25, 0.3) is 0 Å². The molecular weight excluding hydrogens is 311 g/mol. The van der Waals surface area contributed by atoms with Gasteiger partial charge in [-0.25, -0.2) is 0 Å². The van der Waals surface area contributed by atoms with E-state index < -0.39 is 0 Å². The third-order valence-electron chi connectivity index (χ3n) is 0.729. The standard InChI is InChI=1S/C6H10O2S4Se/c1-3-7-5(9)11-13-12-6(10)8-4-2/h3-4H2,1-2H3. The zero-order valence-corrected chi connectivity index (χ0v) is 12.3. The maximum absolute atomic E-state index is 5.10. The van der Waals surface area contributed by atoms with Crippen LogP contribution in [0.2, 0.25) is 0 Å². The zero-order chi connectivity index (χ0) is 10.1. The normalized spacial score (nSPS) is 9.38. The summed E-state index contributed by atoms with van der Waals surface area (Å²) in [6.07, 6.45) is 0. The van der Waals surface area contributed by atoms with Crippen LogP contribution >= 0.6 is 44.8 Å². The first-order chi connectivity index (χ1) is 6.20. The Balaban J connectivity index is 3.33. The minimum atomic E-state index is 0.221. The summed E-state index contributed by atoms with van der Waals surface area (Å²) < 4.78 is 11.4. The van der Waals surface area contributed by atoms with Crippen molar-refractivity contribution in [3.63, 3.8) is 0 Å². The fourth-order valence-corrected chi connectivity index (χ4v) is 7.45. The monoisotopic (exact) mass is 322 g/mol. The molecule has 2 nitrogen and oxygen atoms in total. The molecule has 0 saturated carbocycles. The van der Waals surface area contributed by atoms with E-state index in [-0.39, 0.29) is 12.7 Å². The van der Waals surface area contributed by atoms with Gasteiger partial charge in [0.05, 0.1) is 0 Å². The first kappa shape index (κ1) is 14.0. The number of hydrogen-bond donors (Lipinski definition) is 0. The van der Waals surface area contributed by atoms with Crippen molar-refractivity contribution in [3.05, 3.63) is 0 Å². The van der Waals surface area contributed by atoms with Crippen LogP contribution in [0.5, 0.6) is 0 Å². The van der Waals surface area contributed by atoms with Gasteiger partial charge in [0.25, 0.3) is 0 Å². The molecule has 0 aromatic rings. The second kappa shape index (κ2) is 9.55. The van der Waals surface area contributed by atoms with E-state index in [1.54, 1.807) is 0 Å². The summed E-state index contributed by atoms with van der Waals surface area (Å²) in [6, 6.07) is 0. The van der Waals surface area contributed by atoms with Gasteiger partial charge in [-0.2, -0.15) is 0 Å². The van der Waals surface area contributed by atoms with Crippen molar-refractivity contribution in [3.8, 4) is 0 Å². The van der Waals surface area contributed by atoms with E-state index in [9.17, 15) is 0 Å². The van der Waals surface area contributed by atoms with Crippen LogP contribution < -0.4 is 0 Å². The molecule has 0 radical (unpaired) electrons. The van der Waals surface area contributed by atoms with Crippen LogP contribution in [-0.4, -0.2) is 34.7 Å². The summed E-state index contributed by atoms with van der Waals surface area (Å²) in [5.74, 6) is 0. The first-order valence-corrected chi connectivity index (χ1v) is 10.0. The van der Waals surface area contributed by atoms with Crippen molar-refractivity contribution >= 4 is 66.3 Å². The number of hydrogen-bond acceptors (Lipinski definition) is 6. The molecular formula is C6H10O2S4Se. The van der Waals surface area contributed by atoms with Crippen molar-refractivity contribution in [2.45, 2.75) is 13.8 Å². The molecule has 0 spiro atoms. The quantitative estimate of drug-likeness (QED) is 0.581. The summed E-state index contributed by atoms with van der Waals surface area (Å²) in [6.45, 7) is 5.08. The van der Waals surface area contributed by atoms with Gasteiger partial charge >= 0.3 is 103 Å². The Morgan fingerprint density at radius 2 is 1.46 bits per heavy atom. The van der Waals surface area contributed by atoms with Crippen LogP contribution in [0, 0.1) is 0 Å². The molecule has 0 aliphatic rings. The summed E-state index contributed by atoms with van der Waals surface area (Å²) in [5.41, 5.74) is 0. The molecule has 76 valence electrons. The van der Waals surface area contributed by atoms with Crippen LogP contribution in [0.1, 0.15) is 13.8 Å². The summed E-state index contributed by atoms with van der Waals surface area (Å²) in [4.78, 5) is 0. The fourth-order valence-electron chi connectivity index (χ4n) is 0.356. The van der Waals surface area contributed by atoms with Crippen LogP contribution in [0.15, 0.2) is 0 Å².